The molecule has 1 unspecified atom stereocenters. The minimum atomic E-state index is -2.30. The Kier molecular flexibility index (Phi) is 9.78. The van der Waals surface area contributed by atoms with E-state index in [2.05, 4.69) is 42.3 Å². The molecule has 1 atom stereocenters. The molecule has 4 aromatic rings. The smallest absolute Gasteiger partial charge is 0.337 e. The Labute approximate surface area is 269 Å². The van der Waals surface area contributed by atoms with E-state index in [1.165, 1.54) is 12.1 Å². The Hall–Kier alpha value is -5.07. The van der Waals surface area contributed by atoms with Gasteiger partial charge in [-0.1, -0.05) is 60.7 Å². The lowest BCUT2D eigenvalue weighted by Gasteiger charge is -2.33. The number of hydrogen-bond donors (Lipinski definition) is 1. The van der Waals surface area contributed by atoms with Crippen LogP contribution in [0.5, 0.6) is 0 Å². The van der Waals surface area contributed by atoms with Crippen LogP contribution in [0.2, 0.25) is 0 Å². The summed E-state index contributed by atoms with van der Waals surface area (Å²) in [5, 5.41) is 18.6. The molecule has 1 aliphatic heterocycles. The molecule has 1 N–H and O–H groups in total. The van der Waals surface area contributed by atoms with Crippen LogP contribution in [0.1, 0.15) is 37.8 Å². The summed E-state index contributed by atoms with van der Waals surface area (Å²) in [6.07, 6.45) is 0. The molecule has 9 heteroatoms. The number of esters is 2. The number of nitrogens with one attached hydrogen (secondary N) is 1. The fraction of sp³-hybridized carbons (Fsp3) is 0.189. The molecule has 5 rings (SSSR count). The maximum absolute atomic E-state index is 14.1. The topological polar surface area (TPSA) is 108 Å². The molecule has 0 saturated heterocycles. The van der Waals surface area contributed by atoms with Gasteiger partial charge in [0.2, 0.25) is 0 Å². The SMILES string of the molecule is CCOC(=O)C1=C(C)NC(c2ccccc2[P+](C)(c2ccccc2)c2ccccc2)=C(C(=O)OCC)C1c1cccc([N+](=O)[O-])c1. The summed E-state index contributed by atoms with van der Waals surface area (Å²) in [6.45, 7) is 7.63. The van der Waals surface area contributed by atoms with E-state index in [4.69, 9.17) is 9.47 Å². The van der Waals surface area contributed by atoms with Crippen molar-refractivity contribution >= 4 is 46.5 Å². The predicted octanol–water partition coefficient (Wildman–Crippen LogP) is 6.02. The van der Waals surface area contributed by atoms with Crippen LogP contribution in [0.15, 0.2) is 126 Å². The van der Waals surface area contributed by atoms with Crippen LogP contribution in [-0.4, -0.2) is 36.7 Å². The highest BCUT2D eigenvalue weighted by Crippen LogP contribution is 2.53. The molecule has 1 heterocycles. The average molecular weight is 636 g/mol. The first kappa shape index (κ1) is 32.3. The van der Waals surface area contributed by atoms with E-state index < -0.39 is 30.0 Å². The number of nitro groups is 1. The molecular formula is C37H36N2O6P+. The van der Waals surface area contributed by atoms with E-state index in [9.17, 15) is 19.7 Å². The van der Waals surface area contributed by atoms with E-state index in [1.54, 1.807) is 32.9 Å². The summed E-state index contributed by atoms with van der Waals surface area (Å²) in [6, 6.07) is 34.6. The van der Waals surface area contributed by atoms with E-state index in [-0.39, 0.29) is 30.0 Å². The first-order chi connectivity index (χ1) is 22.2. The maximum Gasteiger partial charge on any atom is 0.337 e. The molecule has 0 aromatic heterocycles. The Balaban J connectivity index is 1.86. The van der Waals surface area contributed by atoms with Crippen molar-refractivity contribution in [3.05, 3.63) is 147 Å². The fourth-order valence-electron chi connectivity index (χ4n) is 6.05. The lowest BCUT2D eigenvalue weighted by atomic mass is 9.79. The molecular weight excluding hydrogens is 599 g/mol. The van der Waals surface area contributed by atoms with E-state index >= 15 is 0 Å². The Morgan fingerprint density at radius 1 is 0.783 bits per heavy atom. The van der Waals surface area contributed by atoms with Gasteiger partial charge in [-0.25, -0.2) is 9.59 Å². The van der Waals surface area contributed by atoms with Gasteiger partial charge in [0.05, 0.1) is 47.6 Å². The number of benzene rings is 4. The van der Waals surface area contributed by atoms with Gasteiger partial charge in [0.25, 0.3) is 5.69 Å². The highest BCUT2D eigenvalue weighted by Gasteiger charge is 2.45. The molecule has 0 amide bonds. The molecule has 234 valence electrons. The van der Waals surface area contributed by atoms with Gasteiger partial charge in [-0.05, 0) is 62.7 Å². The number of hydrogen-bond acceptors (Lipinski definition) is 7. The number of carbonyl (C=O) groups excluding carboxylic acids is 2. The standard InChI is InChI=1S/C37H35N2O6P/c1-5-44-36(40)32-25(3)38-35(34(37(41)45-6-2)33(32)26-16-15-17-27(24-26)39(42)43)30-22-13-14-23-31(30)46(4,28-18-9-7-10-19-28)29-20-11-8-12-21-29/h7-24,33H,5-6H2,1-4H3/p+1. The zero-order valence-electron chi connectivity index (χ0n) is 26.2. The normalized spacial score (nSPS) is 14.8. The van der Waals surface area contributed by atoms with Crippen LogP contribution in [0.3, 0.4) is 0 Å². The Bertz CT molecular complexity index is 1800. The van der Waals surface area contributed by atoms with Gasteiger partial charge in [-0.2, -0.15) is 0 Å². The van der Waals surface area contributed by atoms with Crippen LogP contribution in [0, 0.1) is 10.1 Å². The molecule has 0 fully saturated rings. The van der Waals surface area contributed by atoms with Gasteiger partial charge < -0.3 is 14.8 Å². The first-order valence-corrected chi connectivity index (χ1v) is 17.3. The number of carbonyl (C=O) groups is 2. The van der Waals surface area contributed by atoms with Gasteiger partial charge in [0.1, 0.15) is 23.2 Å². The quantitative estimate of drug-likeness (QED) is 0.0984. The third kappa shape index (κ3) is 6.09. The van der Waals surface area contributed by atoms with Crippen LogP contribution in [0.25, 0.3) is 5.70 Å². The van der Waals surface area contributed by atoms with Crippen LogP contribution in [0.4, 0.5) is 5.69 Å². The lowest BCUT2D eigenvalue weighted by molar-refractivity contribution is -0.384. The minimum Gasteiger partial charge on any atom is -0.463 e. The van der Waals surface area contributed by atoms with Gasteiger partial charge >= 0.3 is 11.9 Å². The Morgan fingerprint density at radius 2 is 1.33 bits per heavy atom. The second-order valence-electron chi connectivity index (χ2n) is 10.9. The lowest BCUT2D eigenvalue weighted by Crippen LogP contribution is -2.37. The third-order valence-corrected chi connectivity index (χ3v) is 12.2. The largest absolute Gasteiger partial charge is 0.463 e. The fourth-order valence-corrected chi connectivity index (χ4v) is 9.50. The molecule has 46 heavy (non-hydrogen) atoms. The van der Waals surface area contributed by atoms with E-state index in [1.807, 2.05) is 54.6 Å². The van der Waals surface area contributed by atoms with Gasteiger partial charge in [0.15, 0.2) is 0 Å². The van der Waals surface area contributed by atoms with Crippen molar-refractivity contribution in [1.29, 1.82) is 0 Å². The van der Waals surface area contributed by atoms with Crippen molar-refractivity contribution in [2.45, 2.75) is 26.7 Å². The number of dihydropyridines is 1. The molecule has 0 aliphatic carbocycles. The van der Waals surface area contributed by atoms with Crippen molar-refractivity contribution in [1.82, 2.24) is 5.32 Å². The van der Waals surface area contributed by atoms with Crippen molar-refractivity contribution in [2.24, 2.45) is 0 Å². The molecule has 0 radical (unpaired) electrons. The number of nitro benzene ring substituents is 1. The summed E-state index contributed by atoms with van der Waals surface area (Å²) < 4.78 is 11.1. The van der Waals surface area contributed by atoms with Crippen LogP contribution >= 0.6 is 7.26 Å². The van der Waals surface area contributed by atoms with Crippen LogP contribution < -0.4 is 21.2 Å². The second-order valence-corrected chi connectivity index (χ2v) is 14.4. The number of nitrogens with zero attached hydrogens (tertiary/aromatic N) is 1. The third-order valence-electron chi connectivity index (χ3n) is 8.17. The summed E-state index contributed by atoms with van der Waals surface area (Å²) in [4.78, 5) is 39.0. The van der Waals surface area contributed by atoms with Gasteiger partial charge in [0, 0.05) is 23.4 Å². The monoisotopic (exact) mass is 635 g/mol. The zero-order chi connectivity index (χ0) is 32.8. The predicted molar refractivity (Wildman–Crippen MR) is 183 cm³/mol. The second kappa shape index (κ2) is 13.9. The zero-order valence-corrected chi connectivity index (χ0v) is 27.1. The number of allylic oxidation sites excluding steroid dienone is 1. The van der Waals surface area contributed by atoms with Gasteiger partial charge in [-0.15, -0.1) is 0 Å². The van der Waals surface area contributed by atoms with Crippen molar-refractivity contribution in [3.8, 4) is 0 Å². The molecule has 0 bridgehead atoms. The van der Waals surface area contributed by atoms with Crippen molar-refractivity contribution in [3.63, 3.8) is 0 Å². The number of ether oxygens (including phenoxy) is 2. The molecule has 1 aliphatic rings. The van der Waals surface area contributed by atoms with E-state index in [0.717, 1.165) is 21.5 Å². The summed E-state index contributed by atoms with van der Waals surface area (Å²) in [5.41, 5.74) is 2.34. The summed E-state index contributed by atoms with van der Waals surface area (Å²) in [7, 11) is -2.30. The van der Waals surface area contributed by atoms with E-state index in [0.29, 0.717) is 17.0 Å². The first-order valence-electron chi connectivity index (χ1n) is 15.1. The maximum atomic E-state index is 14.1. The highest BCUT2D eigenvalue weighted by atomic mass is 31.2. The highest BCUT2D eigenvalue weighted by molar-refractivity contribution is 7.95. The molecule has 0 spiro atoms. The average Bonchev–Trinajstić information content (AvgIpc) is 3.08. The number of rotatable bonds is 10. The summed E-state index contributed by atoms with van der Waals surface area (Å²) in [5.74, 6) is -2.26. The molecule has 4 aromatic carbocycles. The van der Waals surface area contributed by atoms with Crippen molar-refractivity contribution in [2.75, 3.05) is 19.9 Å². The minimum absolute atomic E-state index is 0.0924. The van der Waals surface area contributed by atoms with Crippen LogP contribution in [-0.2, 0) is 19.1 Å². The Morgan fingerprint density at radius 3 is 1.89 bits per heavy atom. The van der Waals surface area contributed by atoms with Gasteiger partial charge in [-0.3, -0.25) is 10.1 Å². The van der Waals surface area contributed by atoms with Crippen molar-refractivity contribution < 1.29 is 24.0 Å². The molecule has 8 nitrogen and oxygen atoms in total. The molecule has 0 saturated carbocycles. The number of non-ortho nitro benzene ring substituents is 1. The summed E-state index contributed by atoms with van der Waals surface area (Å²) >= 11 is 0.